The third-order valence-electron chi connectivity index (χ3n) is 3.60. The lowest BCUT2D eigenvalue weighted by atomic mass is 9.78. The van der Waals surface area contributed by atoms with E-state index in [1.54, 1.807) is 7.11 Å². The normalized spacial score (nSPS) is 12.7. The van der Waals surface area contributed by atoms with Crippen molar-refractivity contribution in [1.29, 1.82) is 0 Å². The third kappa shape index (κ3) is 5.01. The molecule has 0 aliphatic heterocycles. The van der Waals surface area contributed by atoms with Gasteiger partial charge in [-0.25, -0.2) is 0 Å². The molecule has 0 spiro atoms. The van der Waals surface area contributed by atoms with Crippen molar-refractivity contribution in [2.24, 2.45) is 0 Å². The van der Waals surface area contributed by atoms with Gasteiger partial charge >= 0.3 is 0 Å². The van der Waals surface area contributed by atoms with Crippen molar-refractivity contribution < 1.29 is 9.84 Å². The Balaban J connectivity index is 3.15. The summed E-state index contributed by atoms with van der Waals surface area (Å²) in [4.78, 5) is 0. The minimum atomic E-state index is -0.0768. The zero-order chi connectivity index (χ0) is 16.3. The summed E-state index contributed by atoms with van der Waals surface area (Å²) in [5.41, 5.74) is 3.08. The monoisotopic (exact) mass is 293 g/mol. The Morgan fingerprint density at radius 2 is 1.48 bits per heavy atom. The highest BCUT2D eigenvalue weighted by Crippen LogP contribution is 2.39. The first-order chi connectivity index (χ1) is 9.57. The van der Waals surface area contributed by atoms with Crippen molar-refractivity contribution in [2.45, 2.75) is 58.9 Å². The standard InChI is InChI=1S/C18H31NO2/c1-17(2,3)14-10-13(12-19-8-9-21-7)11-15(16(14)20)18(4,5)6/h10-11,19-20H,8-9,12H2,1-7H3. The molecule has 0 saturated heterocycles. The summed E-state index contributed by atoms with van der Waals surface area (Å²) in [6.07, 6.45) is 0. The molecule has 0 bridgehead atoms. The second kappa shape index (κ2) is 6.80. The molecule has 0 unspecified atom stereocenters. The summed E-state index contributed by atoms with van der Waals surface area (Å²) in [6, 6.07) is 4.23. The Hall–Kier alpha value is -1.06. The maximum atomic E-state index is 10.7. The zero-order valence-corrected chi connectivity index (χ0v) is 14.6. The summed E-state index contributed by atoms with van der Waals surface area (Å²) < 4.78 is 5.05. The molecule has 0 amide bonds. The van der Waals surface area contributed by atoms with Crippen LogP contribution in [0.5, 0.6) is 5.75 Å². The molecule has 3 nitrogen and oxygen atoms in total. The minimum Gasteiger partial charge on any atom is -0.507 e. The maximum absolute atomic E-state index is 10.7. The number of nitrogens with one attached hydrogen (secondary N) is 1. The Morgan fingerprint density at radius 1 is 1.00 bits per heavy atom. The molecule has 0 saturated carbocycles. The van der Waals surface area contributed by atoms with E-state index in [9.17, 15) is 5.11 Å². The highest BCUT2D eigenvalue weighted by Gasteiger charge is 2.26. The molecule has 0 aliphatic rings. The number of phenols is 1. The Labute approximate surface area is 129 Å². The van der Waals surface area contributed by atoms with E-state index in [-0.39, 0.29) is 10.8 Å². The van der Waals surface area contributed by atoms with E-state index >= 15 is 0 Å². The molecule has 1 aromatic carbocycles. The fraction of sp³-hybridized carbons (Fsp3) is 0.667. The van der Waals surface area contributed by atoms with Crippen LogP contribution >= 0.6 is 0 Å². The molecule has 0 aromatic heterocycles. The van der Waals surface area contributed by atoms with Crippen molar-refractivity contribution in [3.05, 3.63) is 28.8 Å². The molecule has 0 aliphatic carbocycles. The van der Waals surface area contributed by atoms with Crippen LogP contribution in [-0.4, -0.2) is 25.4 Å². The first-order valence-corrected chi connectivity index (χ1v) is 7.64. The van der Waals surface area contributed by atoms with Crippen LogP contribution in [0.15, 0.2) is 12.1 Å². The lowest BCUT2D eigenvalue weighted by Crippen LogP contribution is -2.21. The van der Waals surface area contributed by atoms with Gasteiger partial charge in [0.25, 0.3) is 0 Å². The van der Waals surface area contributed by atoms with Crippen molar-refractivity contribution in [3.8, 4) is 5.75 Å². The molecule has 2 N–H and O–H groups in total. The van der Waals surface area contributed by atoms with Crippen molar-refractivity contribution in [2.75, 3.05) is 20.3 Å². The van der Waals surface area contributed by atoms with E-state index in [0.29, 0.717) is 12.4 Å². The van der Waals surface area contributed by atoms with E-state index in [1.807, 2.05) is 0 Å². The predicted molar refractivity (Wildman–Crippen MR) is 89.1 cm³/mol. The number of hydrogen-bond donors (Lipinski definition) is 2. The van der Waals surface area contributed by atoms with Crippen LogP contribution in [0.25, 0.3) is 0 Å². The summed E-state index contributed by atoms with van der Waals surface area (Å²) in [5, 5.41) is 14.0. The second-order valence-electron chi connectivity index (χ2n) is 7.71. The Morgan fingerprint density at radius 3 is 1.86 bits per heavy atom. The number of hydrogen-bond acceptors (Lipinski definition) is 3. The van der Waals surface area contributed by atoms with Gasteiger partial charge in [-0.05, 0) is 27.5 Å². The predicted octanol–water partition coefficient (Wildman–Crippen LogP) is 3.72. The van der Waals surface area contributed by atoms with Crippen LogP contribution in [0.3, 0.4) is 0 Å². The molecule has 1 rings (SSSR count). The van der Waals surface area contributed by atoms with Crippen LogP contribution in [0.2, 0.25) is 0 Å². The molecule has 1 aromatic rings. The van der Waals surface area contributed by atoms with Crippen molar-refractivity contribution in [3.63, 3.8) is 0 Å². The molecule has 0 fully saturated rings. The first-order valence-electron chi connectivity index (χ1n) is 7.64. The maximum Gasteiger partial charge on any atom is 0.123 e. The number of ether oxygens (including phenoxy) is 1. The van der Waals surface area contributed by atoms with Gasteiger partial charge in [0, 0.05) is 20.2 Å². The summed E-state index contributed by atoms with van der Waals surface area (Å²) in [6.45, 7) is 15.1. The number of aromatic hydroxyl groups is 1. The zero-order valence-electron chi connectivity index (χ0n) is 14.6. The van der Waals surface area contributed by atoms with Crippen molar-refractivity contribution in [1.82, 2.24) is 5.32 Å². The smallest absolute Gasteiger partial charge is 0.123 e. The Kier molecular flexibility index (Phi) is 5.83. The molecule has 0 atom stereocenters. The quantitative estimate of drug-likeness (QED) is 0.813. The summed E-state index contributed by atoms with van der Waals surface area (Å²) in [7, 11) is 1.71. The lowest BCUT2D eigenvalue weighted by Gasteiger charge is -2.28. The van der Waals surface area contributed by atoms with E-state index < -0.39 is 0 Å². The van der Waals surface area contributed by atoms with Gasteiger partial charge in [-0.15, -0.1) is 0 Å². The SMILES string of the molecule is COCCNCc1cc(C(C)(C)C)c(O)c(C(C)(C)C)c1. The van der Waals surface area contributed by atoms with Crippen LogP contribution in [0.4, 0.5) is 0 Å². The van der Waals surface area contributed by atoms with Gasteiger partial charge in [0.05, 0.1) is 6.61 Å². The van der Waals surface area contributed by atoms with Gasteiger partial charge in [0.15, 0.2) is 0 Å². The molecule has 0 heterocycles. The number of rotatable bonds is 5. The van der Waals surface area contributed by atoms with Crippen LogP contribution < -0.4 is 5.32 Å². The molecule has 120 valence electrons. The average molecular weight is 293 g/mol. The van der Waals surface area contributed by atoms with Crippen LogP contribution in [-0.2, 0) is 22.1 Å². The highest BCUT2D eigenvalue weighted by molar-refractivity contribution is 5.49. The highest BCUT2D eigenvalue weighted by atomic mass is 16.5. The lowest BCUT2D eigenvalue weighted by molar-refractivity contribution is 0.199. The molecular formula is C18H31NO2. The van der Waals surface area contributed by atoms with Gasteiger partial charge < -0.3 is 15.2 Å². The first kappa shape index (κ1) is 18.0. The van der Waals surface area contributed by atoms with Gasteiger partial charge in [0.2, 0.25) is 0 Å². The number of benzene rings is 1. The number of methoxy groups -OCH3 is 1. The molecule has 3 heteroatoms. The van der Waals surface area contributed by atoms with E-state index in [4.69, 9.17) is 4.74 Å². The summed E-state index contributed by atoms with van der Waals surface area (Å²) in [5.74, 6) is 0.440. The van der Waals surface area contributed by atoms with Gasteiger partial charge in [-0.1, -0.05) is 53.7 Å². The van der Waals surface area contributed by atoms with Gasteiger partial charge in [-0.3, -0.25) is 0 Å². The fourth-order valence-electron chi connectivity index (χ4n) is 2.35. The van der Waals surface area contributed by atoms with Gasteiger partial charge in [0.1, 0.15) is 5.75 Å². The third-order valence-corrected chi connectivity index (χ3v) is 3.60. The minimum absolute atomic E-state index is 0.0768. The van der Waals surface area contributed by atoms with Crippen LogP contribution in [0.1, 0.15) is 58.2 Å². The number of phenolic OH excluding ortho intramolecular Hbond substituents is 1. The second-order valence-corrected chi connectivity index (χ2v) is 7.71. The molecule has 21 heavy (non-hydrogen) atoms. The van der Waals surface area contributed by atoms with E-state index in [0.717, 1.165) is 24.2 Å². The molecule has 0 radical (unpaired) electrons. The van der Waals surface area contributed by atoms with Gasteiger partial charge in [-0.2, -0.15) is 0 Å². The van der Waals surface area contributed by atoms with Crippen molar-refractivity contribution >= 4 is 0 Å². The van der Waals surface area contributed by atoms with E-state index in [2.05, 4.69) is 59.0 Å². The van der Waals surface area contributed by atoms with Crippen LogP contribution in [0, 0.1) is 0 Å². The fourth-order valence-corrected chi connectivity index (χ4v) is 2.35. The average Bonchev–Trinajstić information content (AvgIpc) is 2.33. The summed E-state index contributed by atoms with van der Waals surface area (Å²) >= 11 is 0. The topological polar surface area (TPSA) is 41.5 Å². The molecular weight excluding hydrogens is 262 g/mol. The Bertz CT molecular complexity index is 432. The van der Waals surface area contributed by atoms with E-state index in [1.165, 1.54) is 5.56 Å². The largest absolute Gasteiger partial charge is 0.507 e.